The van der Waals surface area contributed by atoms with Gasteiger partial charge in [0.2, 0.25) is 11.8 Å². The summed E-state index contributed by atoms with van der Waals surface area (Å²) in [6.07, 6.45) is 7.65. The quantitative estimate of drug-likeness (QED) is 0.499. The summed E-state index contributed by atoms with van der Waals surface area (Å²) in [6.45, 7) is 6.89. The highest BCUT2D eigenvalue weighted by Gasteiger charge is 2.39. The Morgan fingerprint density at radius 2 is 1.77 bits per heavy atom. The van der Waals surface area contributed by atoms with Crippen molar-refractivity contribution in [1.29, 1.82) is 0 Å². The summed E-state index contributed by atoms with van der Waals surface area (Å²) >= 11 is 0. The number of rotatable bonds is 7. The monoisotopic (exact) mass is 412 g/mol. The van der Waals surface area contributed by atoms with Gasteiger partial charge in [0.1, 0.15) is 5.75 Å². The minimum absolute atomic E-state index is 0.00920. The van der Waals surface area contributed by atoms with Gasteiger partial charge in [-0.15, -0.1) is 0 Å². The first-order chi connectivity index (χ1) is 14.4. The number of carbonyl (C=O) groups is 2. The first kappa shape index (κ1) is 21.4. The van der Waals surface area contributed by atoms with Crippen LogP contribution in [0.15, 0.2) is 18.2 Å². The van der Waals surface area contributed by atoms with Crippen molar-refractivity contribution in [3.8, 4) is 5.75 Å². The average Bonchev–Trinajstić information content (AvgIpc) is 3.11. The maximum Gasteiger partial charge on any atom is 0.229 e. The van der Waals surface area contributed by atoms with Crippen molar-refractivity contribution in [3.63, 3.8) is 0 Å². The van der Waals surface area contributed by atoms with Crippen molar-refractivity contribution in [2.45, 2.75) is 77.2 Å². The highest BCUT2D eigenvalue weighted by Crippen LogP contribution is 2.44. The number of ether oxygens (including phenoxy) is 1. The van der Waals surface area contributed by atoms with Crippen molar-refractivity contribution >= 4 is 11.8 Å². The minimum Gasteiger partial charge on any atom is -0.496 e. The summed E-state index contributed by atoms with van der Waals surface area (Å²) < 4.78 is 5.59. The van der Waals surface area contributed by atoms with Gasteiger partial charge in [0, 0.05) is 31.3 Å². The van der Waals surface area contributed by atoms with E-state index in [-0.39, 0.29) is 17.2 Å². The SMILES string of the molecule is COc1cccc2c1CC[C@@H]1[C@H]2CCN1CCCCCN1C(=O)CC(C)(C)CC1=O. The molecule has 2 saturated heterocycles. The summed E-state index contributed by atoms with van der Waals surface area (Å²) in [5, 5.41) is 0. The number of unbranched alkanes of at least 4 members (excludes halogenated alkanes) is 2. The maximum atomic E-state index is 12.3. The molecule has 0 radical (unpaired) electrons. The fourth-order valence-electron chi connectivity index (χ4n) is 5.84. The molecule has 2 amide bonds. The Kier molecular flexibility index (Phi) is 6.19. The van der Waals surface area contributed by atoms with Gasteiger partial charge in [-0.1, -0.05) is 32.4 Å². The van der Waals surface area contributed by atoms with Crippen LogP contribution in [0, 0.1) is 5.41 Å². The van der Waals surface area contributed by atoms with Gasteiger partial charge >= 0.3 is 0 Å². The third-order valence-electron chi connectivity index (χ3n) is 7.33. The van der Waals surface area contributed by atoms with Gasteiger partial charge < -0.3 is 4.74 Å². The van der Waals surface area contributed by atoms with Gasteiger partial charge in [-0.3, -0.25) is 19.4 Å². The zero-order valence-electron chi connectivity index (χ0n) is 18.8. The van der Waals surface area contributed by atoms with Crippen LogP contribution in [-0.2, 0) is 16.0 Å². The Hall–Kier alpha value is -1.88. The van der Waals surface area contributed by atoms with Gasteiger partial charge in [-0.05, 0) is 67.8 Å². The van der Waals surface area contributed by atoms with Crippen molar-refractivity contribution < 1.29 is 14.3 Å². The molecule has 1 aliphatic carbocycles. The third-order valence-corrected chi connectivity index (χ3v) is 7.33. The molecule has 4 rings (SSSR count). The molecule has 0 saturated carbocycles. The number of hydrogen-bond acceptors (Lipinski definition) is 4. The van der Waals surface area contributed by atoms with Crippen molar-refractivity contribution in [2.24, 2.45) is 5.41 Å². The average molecular weight is 413 g/mol. The van der Waals surface area contributed by atoms with E-state index in [4.69, 9.17) is 4.74 Å². The number of hydrogen-bond donors (Lipinski definition) is 0. The second-order valence-electron chi connectivity index (χ2n) is 10.1. The third kappa shape index (κ3) is 4.27. The molecule has 1 aromatic carbocycles. The molecule has 5 nitrogen and oxygen atoms in total. The predicted molar refractivity (Wildman–Crippen MR) is 118 cm³/mol. The summed E-state index contributed by atoms with van der Waals surface area (Å²) in [5.41, 5.74) is 2.74. The maximum absolute atomic E-state index is 12.3. The molecule has 2 aliphatic heterocycles. The molecule has 5 heteroatoms. The largest absolute Gasteiger partial charge is 0.496 e. The molecule has 30 heavy (non-hydrogen) atoms. The van der Waals surface area contributed by atoms with Crippen LogP contribution < -0.4 is 4.74 Å². The number of piperidine rings is 1. The molecule has 0 unspecified atom stereocenters. The number of likely N-dealkylation sites (tertiary alicyclic amines) is 2. The van der Waals surface area contributed by atoms with Gasteiger partial charge in [0.15, 0.2) is 0 Å². The second kappa shape index (κ2) is 8.70. The molecular formula is C25H36N2O3. The van der Waals surface area contributed by atoms with E-state index in [1.54, 1.807) is 7.11 Å². The highest BCUT2D eigenvalue weighted by atomic mass is 16.5. The van der Waals surface area contributed by atoms with E-state index in [1.807, 2.05) is 13.8 Å². The van der Waals surface area contributed by atoms with Crippen LogP contribution in [0.4, 0.5) is 0 Å². The van der Waals surface area contributed by atoms with Gasteiger partial charge in [-0.2, -0.15) is 0 Å². The van der Waals surface area contributed by atoms with Gasteiger partial charge in [0.25, 0.3) is 0 Å². The van der Waals surface area contributed by atoms with Crippen LogP contribution in [-0.4, -0.2) is 54.4 Å². The van der Waals surface area contributed by atoms with E-state index >= 15 is 0 Å². The number of imide groups is 1. The lowest BCUT2D eigenvalue weighted by molar-refractivity contribution is -0.152. The van der Waals surface area contributed by atoms with E-state index in [0.29, 0.717) is 31.3 Å². The topological polar surface area (TPSA) is 49.9 Å². The van der Waals surface area contributed by atoms with Crippen molar-refractivity contribution in [1.82, 2.24) is 9.80 Å². The van der Waals surface area contributed by atoms with Crippen LogP contribution in [0.25, 0.3) is 0 Å². The number of benzene rings is 1. The standard InChI is InChI=1S/C25H36N2O3/c1-25(2)16-23(28)27(24(29)17-25)14-6-4-5-13-26-15-12-19-18-8-7-9-22(30-3)20(18)10-11-21(19)26/h7-9,19,21H,4-6,10-17H2,1-3H3/t19-,21+/m0/s1. The van der Waals surface area contributed by atoms with Crippen LogP contribution in [0.3, 0.4) is 0 Å². The molecule has 164 valence electrons. The minimum atomic E-state index is -0.181. The van der Waals surface area contributed by atoms with Crippen LogP contribution in [0.2, 0.25) is 0 Å². The molecule has 0 spiro atoms. The summed E-state index contributed by atoms with van der Waals surface area (Å²) in [4.78, 5) is 28.7. The molecule has 0 aromatic heterocycles. The molecule has 0 bridgehead atoms. The Morgan fingerprint density at radius 3 is 2.50 bits per heavy atom. The second-order valence-corrected chi connectivity index (χ2v) is 10.1. The van der Waals surface area contributed by atoms with Crippen LogP contribution in [0.1, 0.15) is 75.8 Å². The Labute approximate surface area is 180 Å². The van der Waals surface area contributed by atoms with Crippen LogP contribution >= 0.6 is 0 Å². The van der Waals surface area contributed by atoms with Crippen molar-refractivity contribution in [2.75, 3.05) is 26.7 Å². The molecule has 0 N–H and O–H groups in total. The van der Waals surface area contributed by atoms with E-state index in [0.717, 1.165) is 38.0 Å². The lowest BCUT2D eigenvalue weighted by atomic mass is 9.79. The van der Waals surface area contributed by atoms with E-state index in [1.165, 1.54) is 35.4 Å². The Bertz CT molecular complexity index is 784. The molecule has 3 aliphatic rings. The van der Waals surface area contributed by atoms with E-state index in [2.05, 4.69) is 23.1 Å². The number of carbonyl (C=O) groups excluding carboxylic acids is 2. The molecule has 1 aromatic rings. The summed E-state index contributed by atoms with van der Waals surface area (Å²) in [5.74, 6) is 1.70. The number of amides is 2. The highest BCUT2D eigenvalue weighted by molar-refractivity contribution is 5.98. The number of fused-ring (bicyclic) bond motifs is 3. The normalized spacial score (nSPS) is 25.9. The lowest BCUT2D eigenvalue weighted by Crippen LogP contribution is -2.46. The van der Waals surface area contributed by atoms with E-state index < -0.39 is 0 Å². The summed E-state index contributed by atoms with van der Waals surface area (Å²) in [7, 11) is 1.77. The first-order valence-corrected chi connectivity index (χ1v) is 11.6. The van der Waals surface area contributed by atoms with Gasteiger partial charge in [0.05, 0.1) is 7.11 Å². The van der Waals surface area contributed by atoms with Crippen molar-refractivity contribution in [3.05, 3.63) is 29.3 Å². The predicted octanol–water partition coefficient (Wildman–Crippen LogP) is 4.14. The summed E-state index contributed by atoms with van der Waals surface area (Å²) in [6, 6.07) is 7.17. The Morgan fingerprint density at radius 1 is 1.03 bits per heavy atom. The molecular weight excluding hydrogens is 376 g/mol. The zero-order chi connectivity index (χ0) is 21.3. The van der Waals surface area contributed by atoms with Gasteiger partial charge in [-0.25, -0.2) is 0 Å². The lowest BCUT2D eigenvalue weighted by Gasteiger charge is -2.35. The zero-order valence-corrected chi connectivity index (χ0v) is 18.8. The molecule has 2 atom stereocenters. The fourth-order valence-corrected chi connectivity index (χ4v) is 5.84. The molecule has 2 heterocycles. The fraction of sp³-hybridized carbons (Fsp3) is 0.680. The van der Waals surface area contributed by atoms with E-state index in [9.17, 15) is 9.59 Å². The van der Waals surface area contributed by atoms with Crippen LogP contribution in [0.5, 0.6) is 5.75 Å². The smallest absolute Gasteiger partial charge is 0.229 e. The number of methoxy groups -OCH3 is 1. The molecule has 2 fully saturated rings. The first-order valence-electron chi connectivity index (χ1n) is 11.6. The Balaban J connectivity index is 1.23. The number of nitrogens with zero attached hydrogens (tertiary/aromatic N) is 2.